The van der Waals surface area contributed by atoms with Crippen LogP contribution in [0.3, 0.4) is 0 Å². The van der Waals surface area contributed by atoms with Gasteiger partial charge in [-0.05, 0) is 44.9 Å². The molecule has 0 aliphatic heterocycles. The van der Waals surface area contributed by atoms with Crippen LogP contribution in [0.2, 0.25) is 0 Å². The summed E-state index contributed by atoms with van der Waals surface area (Å²) in [7, 11) is 0. The zero-order valence-electron chi connectivity index (χ0n) is 13.0. The normalized spacial score (nSPS) is 12.7. The summed E-state index contributed by atoms with van der Waals surface area (Å²) in [6.45, 7) is 5.87. The van der Waals surface area contributed by atoms with Gasteiger partial charge in [0.1, 0.15) is 11.9 Å². The van der Waals surface area contributed by atoms with Crippen molar-refractivity contribution in [3.05, 3.63) is 35.1 Å². The van der Waals surface area contributed by atoms with Crippen LogP contribution >= 0.6 is 0 Å². The molecule has 0 radical (unpaired) electrons. The molecule has 0 bridgehead atoms. The summed E-state index contributed by atoms with van der Waals surface area (Å²) in [4.78, 5) is 11.2. The molecule has 2 N–H and O–H groups in total. The predicted molar refractivity (Wildman–Crippen MR) is 80.0 cm³/mol. The number of rotatable bonds is 7. The number of hydrogen-bond acceptors (Lipinski definition) is 4. The monoisotopic (exact) mass is 308 g/mol. The zero-order valence-corrected chi connectivity index (χ0v) is 13.0. The lowest BCUT2D eigenvalue weighted by molar-refractivity contribution is -0.142. The van der Waals surface area contributed by atoms with Gasteiger partial charge in [-0.25, -0.2) is 4.39 Å². The van der Waals surface area contributed by atoms with Crippen molar-refractivity contribution in [2.24, 2.45) is 0 Å². The molecule has 1 aromatic rings. The average molecular weight is 308 g/mol. The van der Waals surface area contributed by atoms with Crippen LogP contribution in [0.4, 0.5) is 4.39 Å². The second-order valence-corrected chi connectivity index (χ2v) is 5.94. The van der Waals surface area contributed by atoms with Crippen molar-refractivity contribution in [1.82, 2.24) is 5.32 Å². The molecule has 6 heteroatoms. The Bertz CT molecular complexity index is 561. The van der Waals surface area contributed by atoms with Crippen molar-refractivity contribution >= 4 is 5.97 Å². The van der Waals surface area contributed by atoms with Crippen LogP contribution in [0.25, 0.3) is 0 Å². The number of carboxylic acids is 1. The van der Waals surface area contributed by atoms with E-state index in [9.17, 15) is 9.18 Å². The maximum absolute atomic E-state index is 13.7. The number of nitrogens with zero attached hydrogens (tertiary/aromatic N) is 1. The molecule has 0 aromatic heterocycles. The Morgan fingerprint density at radius 3 is 2.68 bits per heavy atom. The third-order valence-corrected chi connectivity index (χ3v) is 2.95. The van der Waals surface area contributed by atoms with Crippen LogP contribution in [0.1, 0.15) is 31.9 Å². The summed E-state index contributed by atoms with van der Waals surface area (Å²) < 4.78 is 19.2. The van der Waals surface area contributed by atoms with Gasteiger partial charge in [-0.1, -0.05) is 6.07 Å². The standard InChI is InChI=1S/C16H21FN2O3/c1-16(2,3)22-10-14(15(20)21)19-7-6-12-5-4-11(9-18)8-13(12)17/h4-5,8,14,19H,6-7,10H2,1-3H3,(H,20,21). The van der Waals surface area contributed by atoms with Crippen molar-refractivity contribution in [1.29, 1.82) is 5.26 Å². The topological polar surface area (TPSA) is 82.3 Å². The fourth-order valence-corrected chi connectivity index (χ4v) is 1.75. The second kappa shape index (κ2) is 7.87. The highest BCUT2D eigenvalue weighted by Crippen LogP contribution is 2.11. The van der Waals surface area contributed by atoms with Crippen LogP contribution in [-0.4, -0.2) is 35.9 Å². The lowest BCUT2D eigenvalue weighted by atomic mass is 10.1. The predicted octanol–water partition coefficient (Wildman–Crippen LogP) is 2.10. The van der Waals surface area contributed by atoms with Crippen molar-refractivity contribution in [3.8, 4) is 6.07 Å². The van der Waals surface area contributed by atoms with Gasteiger partial charge < -0.3 is 15.2 Å². The molecule has 0 spiro atoms. The Morgan fingerprint density at radius 2 is 2.18 bits per heavy atom. The second-order valence-electron chi connectivity index (χ2n) is 5.94. The molecule has 0 saturated heterocycles. The van der Waals surface area contributed by atoms with Gasteiger partial charge in [0.2, 0.25) is 0 Å². The lowest BCUT2D eigenvalue weighted by Gasteiger charge is -2.23. The molecule has 0 heterocycles. The number of hydrogen-bond donors (Lipinski definition) is 2. The van der Waals surface area contributed by atoms with Gasteiger partial charge in [0.25, 0.3) is 0 Å². The molecule has 22 heavy (non-hydrogen) atoms. The quantitative estimate of drug-likeness (QED) is 0.806. The smallest absolute Gasteiger partial charge is 0.323 e. The van der Waals surface area contributed by atoms with Crippen molar-refractivity contribution in [2.45, 2.75) is 38.8 Å². The van der Waals surface area contributed by atoms with Crippen molar-refractivity contribution in [2.75, 3.05) is 13.2 Å². The Morgan fingerprint density at radius 1 is 1.50 bits per heavy atom. The molecule has 120 valence electrons. The molecule has 1 aromatic carbocycles. The first-order chi connectivity index (χ1) is 10.2. The zero-order chi connectivity index (χ0) is 16.8. The third kappa shape index (κ3) is 6.20. The number of nitriles is 1. The minimum absolute atomic E-state index is 0.0364. The minimum atomic E-state index is -1.01. The van der Waals surface area contributed by atoms with E-state index in [1.54, 1.807) is 0 Å². The number of halogens is 1. The van der Waals surface area contributed by atoms with Crippen molar-refractivity contribution < 1.29 is 19.0 Å². The van der Waals surface area contributed by atoms with E-state index in [2.05, 4.69) is 5.32 Å². The number of nitrogens with one attached hydrogen (secondary N) is 1. The molecule has 0 amide bonds. The molecule has 0 fully saturated rings. The molecular formula is C16H21FN2O3. The van der Waals surface area contributed by atoms with E-state index in [-0.39, 0.29) is 12.2 Å². The molecule has 0 aliphatic carbocycles. The van der Waals surface area contributed by atoms with Crippen LogP contribution in [0, 0.1) is 17.1 Å². The van der Waals surface area contributed by atoms with Crippen LogP contribution in [0.5, 0.6) is 0 Å². The van der Waals surface area contributed by atoms with E-state index >= 15 is 0 Å². The highest BCUT2D eigenvalue weighted by Gasteiger charge is 2.20. The van der Waals surface area contributed by atoms with Gasteiger partial charge in [0.05, 0.1) is 23.8 Å². The van der Waals surface area contributed by atoms with Gasteiger partial charge in [-0.2, -0.15) is 5.26 Å². The summed E-state index contributed by atoms with van der Waals surface area (Å²) in [6, 6.07) is 5.27. The van der Waals surface area contributed by atoms with E-state index in [0.29, 0.717) is 18.5 Å². The van der Waals surface area contributed by atoms with Gasteiger partial charge in [-0.3, -0.25) is 4.79 Å². The fraction of sp³-hybridized carbons (Fsp3) is 0.500. The highest BCUT2D eigenvalue weighted by atomic mass is 19.1. The SMILES string of the molecule is CC(C)(C)OCC(NCCc1ccc(C#N)cc1F)C(=O)O. The Hall–Kier alpha value is -1.97. The minimum Gasteiger partial charge on any atom is -0.480 e. The average Bonchev–Trinajstić information content (AvgIpc) is 2.42. The summed E-state index contributed by atoms with van der Waals surface area (Å²) >= 11 is 0. The maximum Gasteiger partial charge on any atom is 0.323 e. The molecule has 0 saturated carbocycles. The fourth-order valence-electron chi connectivity index (χ4n) is 1.75. The van der Waals surface area contributed by atoms with Crippen LogP contribution in [-0.2, 0) is 16.0 Å². The first kappa shape index (κ1) is 18.1. The summed E-state index contributed by atoms with van der Waals surface area (Å²) in [5.41, 5.74) is 0.276. The first-order valence-electron chi connectivity index (χ1n) is 7.01. The van der Waals surface area contributed by atoms with E-state index in [0.717, 1.165) is 0 Å². The summed E-state index contributed by atoms with van der Waals surface area (Å²) in [5, 5.41) is 20.7. The van der Waals surface area contributed by atoms with Gasteiger partial charge in [0, 0.05) is 6.54 Å². The number of carbonyl (C=O) groups is 1. The number of ether oxygens (including phenoxy) is 1. The molecule has 0 aliphatic rings. The summed E-state index contributed by atoms with van der Waals surface area (Å²) in [6.07, 6.45) is 0.330. The Kier molecular flexibility index (Phi) is 6.47. The van der Waals surface area contributed by atoms with Crippen LogP contribution < -0.4 is 5.32 Å². The summed E-state index contributed by atoms with van der Waals surface area (Å²) in [5.74, 6) is -1.47. The number of benzene rings is 1. The molecule has 1 atom stereocenters. The Labute approximate surface area is 129 Å². The third-order valence-electron chi connectivity index (χ3n) is 2.95. The van der Waals surface area contributed by atoms with Crippen LogP contribution in [0.15, 0.2) is 18.2 Å². The Balaban J connectivity index is 2.53. The number of carboxylic acid groups (broad SMARTS) is 1. The largest absolute Gasteiger partial charge is 0.480 e. The van der Waals surface area contributed by atoms with E-state index in [1.165, 1.54) is 18.2 Å². The first-order valence-corrected chi connectivity index (χ1v) is 7.01. The van der Waals surface area contributed by atoms with E-state index in [1.807, 2.05) is 26.8 Å². The molecule has 1 rings (SSSR count). The van der Waals surface area contributed by atoms with Gasteiger partial charge in [-0.15, -0.1) is 0 Å². The van der Waals surface area contributed by atoms with Gasteiger partial charge >= 0.3 is 5.97 Å². The van der Waals surface area contributed by atoms with Gasteiger partial charge in [0.15, 0.2) is 0 Å². The molecular weight excluding hydrogens is 287 g/mol. The number of aliphatic carboxylic acids is 1. The maximum atomic E-state index is 13.7. The highest BCUT2D eigenvalue weighted by molar-refractivity contribution is 5.73. The molecule has 1 unspecified atom stereocenters. The lowest BCUT2D eigenvalue weighted by Crippen LogP contribution is -2.43. The molecule has 5 nitrogen and oxygen atoms in total. The van der Waals surface area contributed by atoms with E-state index < -0.39 is 23.4 Å². The van der Waals surface area contributed by atoms with Crippen molar-refractivity contribution in [3.63, 3.8) is 0 Å². The van der Waals surface area contributed by atoms with E-state index in [4.69, 9.17) is 15.1 Å².